The van der Waals surface area contributed by atoms with Crippen molar-refractivity contribution in [3.63, 3.8) is 0 Å². The van der Waals surface area contributed by atoms with Crippen molar-refractivity contribution in [2.24, 2.45) is 0 Å². The summed E-state index contributed by atoms with van der Waals surface area (Å²) in [6.45, 7) is 1.49. The number of hydrogen-bond acceptors (Lipinski definition) is 4. The highest BCUT2D eigenvalue weighted by Crippen LogP contribution is 2.21. The fourth-order valence-electron chi connectivity index (χ4n) is 1.19. The average Bonchev–Trinajstić information content (AvgIpc) is 2.46. The predicted molar refractivity (Wildman–Crippen MR) is 58.0 cm³/mol. The van der Waals surface area contributed by atoms with E-state index in [2.05, 4.69) is 25.8 Å². The lowest BCUT2D eigenvalue weighted by molar-refractivity contribution is -0.140. The van der Waals surface area contributed by atoms with Crippen molar-refractivity contribution in [2.75, 3.05) is 7.11 Å². The van der Waals surface area contributed by atoms with Gasteiger partial charge in [0, 0.05) is 0 Å². The number of carbonyl (C=O) groups is 2. The summed E-state index contributed by atoms with van der Waals surface area (Å²) >= 11 is 3.26. The van der Waals surface area contributed by atoms with Crippen LogP contribution < -0.4 is 0 Å². The molecule has 6 nitrogen and oxygen atoms in total. The SMILES string of the molecule is COC(=O)Cc1nn(CC(=O)O)c(C)c1Br. The first-order valence-electron chi connectivity index (χ1n) is 4.46. The Morgan fingerprint density at radius 2 is 2.19 bits per heavy atom. The van der Waals surface area contributed by atoms with E-state index in [1.165, 1.54) is 11.8 Å². The van der Waals surface area contributed by atoms with Gasteiger partial charge in [0.1, 0.15) is 6.54 Å². The van der Waals surface area contributed by atoms with E-state index in [0.29, 0.717) is 15.9 Å². The van der Waals surface area contributed by atoms with Crippen molar-refractivity contribution in [2.45, 2.75) is 19.9 Å². The van der Waals surface area contributed by atoms with Crippen LogP contribution in [0.25, 0.3) is 0 Å². The van der Waals surface area contributed by atoms with E-state index in [1.54, 1.807) is 6.92 Å². The molecule has 16 heavy (non-hydrogen) atoms. The molecule has 0 saturated carbocycles. The fourth-order valence-corrected chi connectivity index (χ4v) is 1.61. The molecule has 0 saturated heterocycles. The monoisotopic (exact) mass is 290 g/mol. The smallest absolute Gasteiger partial charge is 0.325 e. The molecule has 0 spiro atoms. The van der Waals surface area contributed by atoms with Gasteiger partial charge in [-0.25, -0.2) is 0 Å². The maximum atomic E-state index is 11.1. The van der Waals surface area contributed by atoms with Gasteiger partial charge in [-0.15, -0.1) is 0 Å². The average molecular weight is 291 g/mol. The van der Waals surface area contributed by atoms with Crippen LogP contribution in [0, 0.1) is 6.92 Å². The molecule has 0 bridgehead atoms. The molecule has 1 aromatic rings. The largest absolute Gasteiger partial charge is 0.480 e. The molecule has 0 amide bonds. The van der Waals surface area contributed by atoms with Crippen molar-refractivity contribution >= 4 is 27.9 Å². The van der Waals surface area contributed by atoms with Gasteiger partial charge in [-0.2, -0.15) is 5.10 Å². The maximum absolute atomic E-state index is 11.1. The zero-order valence-corrected chi connectivity index (χ0v) is 10.4. The predicted octanol–water partition coefficient (Wildman–Crippen LogP) is 0.754. The van der Waals surface area contributed by atoms with Crippen LogP contribution >= 0.6 is 15.9 Å². The van der Waals surface area contributed by atoms with E-state index >= 15 is 0 Å². The van der Waals surface area contributed by atoms with Gasteiger partial charge in [-0.1, -0.05) is 0 Å². The number of ether oxygens (including phenoxy) is 1. The van der Waals surface area contributed by atoms with E-state index in [9.17, 15) is 9.59 Å². The molecule has 7 heteroatoms. The number of carboxylic acid groups (broad SMARTS) is 1. The summed E-state index contributed by atoms with van der Waals surface area (Å²) in [5.74, 6) is -1.40. The van der Waals surface area contributed by atoms with Crippen molar-refractivity contribution in [1.82, 2.24) is 9.78 Å². The van der Waals surface area contributed by atoms with Crippen LogP contribution in [-0.2, 0) is 27.3 Å². The molecule has 0 atom stereocenters. The third-order valence-corrected chi connectivity index (χ3v) is 3.06. The highest BCUT2D eigenvalue weighted by Gasteiger charge is 2.16. The molecular formula is C9H11BrN2O4. The number of rotatable bonds is 4. The molecular weight excluding hydrogens is 280 g/mol. The van der Waals surface area contributed by atoms with Crippen molar-refractivity contribution in [1.29, 1.82) is 0 Å². The summed E-state index contributed by atoms with van der Waals surface area (Å²) < 4.78 is 6.48. The number of halogens is 1. The number of aromatic nitrogens is 2. The van der Waals surface area contributed by atoms with E-state index in [-0.39, 0.29) is 13.0 Å². The summed E-state index contributed by atoms with van der Waals surface area (Å²) in [5.41, 5.74) is 1.15. The number of carbonyl (C=O) groups excluding carboxylic acids is 1. The summed E-state index contributed by atoms with van der Waals surface area (Å²) in [6, 6.07) is 0. The zero-order valence-electron chi connectivity index (χ0n) is 8.86. The van der Waals surface area contributed by atoms with Gasteiger partial charge in [0.25, 0.3) is 0 Å². The minimum absolute atomic E-state index is 0.0184. The van der Waals surface area contributed by atoms with Gasteiger partial charge in [0.15, 0.2) is 0 Å². The van der Waals surface area contributed by atoms with E-state index in [1.807, 2.05) is 0 Å². The second-order valence-corrected chi connectivity index (χ2v) is 3.94. The van der Waals surface area contributed by atoms with Crippen LogP contribution in [0.1, 0.15) is 11.4 Å². The molecule has 0 aliphatic carbocycles. The van der Waals surface area contributed by atoms with Gasteiger partial charge in [-0.05, 0) is 22.9 Å². The number of hydrogen-bond donors (Lipinski definition) is 1. The van der Waals surface area contributed by atoms with Crippen molar-refractivity contribution in [3.05, 3.63) is 15.9 Å². The summed E-state index contributed by atoms with van der Waals surface area (Å²) in [5, 5.41) is 12.7. The molecule has 1 heterocycles. The van der Waals surface area contributed by atoms with Gasteiger partial charge in [-0.3, -0.25) is 14.3 Å². The van der Waals surface area contributed by atoms with Gasteiger partial charge in [0.2, 0.25) is 0 Å². The number of esters is 1. The highest BCUT2D eigenvalue weighted by atomic mass is 79.9. The molecule has 0 aliphatic heterocycles. The number of methoxy groups -OCH3 is 1. The normalized spacial score (nSPS) is 10.2. The van der Waals surface area contributed by atoms with Crippen LogP contribution in [-0.4, -0.2) is 33.9 Å². The molecule has 88 valence electrons. The van der Waals surface area contributed by atoms with Crippen LogP contribution in [0.15, 0.2) is 4.47 Å². The lowest BCUT2D eigenvalue weighted by Gasteiger charge is -1.98. The highest BCUT2D eigenvalue weighted by molar-refractivity contribution is 9.10. The topological polar surface area (TPSA) is 81.4 Å². The van der Waals surface area contributed by atoms with Crippen LogP contribution in [0.4, 0.5) is 0 Å². The summed E-state index contributed by atoms with van der Waals surface area (Å²) in [4.78, 5) is 21.6. The minimum Gasteiger partial charge on any atom is -0.480 e. The fraction of sp³-hybridized carbons (Fsp3) is 0.444. The molecule has 0 radical (unpaired) electrons. The minimum atomic E-state index is -0.984. The molecule has 0 fully saturated rings. The molecule has 1 rings (SSSR count). The molecule has 1 aromatic heterocycles. The Labute approximate surface area is 100 Å². The van der Waals surface area contributed by atoms with E-state index in [0.717, 1.165) is 0 Å². The molecule has 0 aromatic carbocycles. The summed E-state index contributed by atoms with van der Waals surface area (Å²) in [6.07, 6.45) is 0.0184. The number of aliphatic carboxylic acids is 1. The Balaban J connectivity index is 2.95. The van der Waals surface area contributed by atoms with Crippen LogP contribution in [0.3, 0.4) is 0 Å². The third kappa shape index (κ3) is 2.82. The van der Waals surface area contributed by atoms with Crippen molar-refractivity contribution < 1.29 is 19.4 Å². The Hall–Kier alpha value is -1.37. The van der Waals surface area contributed by atoms with Crippen LogP contribution in [0.5, 0.6) is 0 Å². The Kier molecular flexibility index (Phi) is 4.05. The Morgan fingerprint density at radius 3 is 2.69 bits per heavy atom. The van der Waals surface area contributed by atoms with Gasteiger partial charge in [0.05, 0.1) is 29.4 Å². The maximum Gasteiger partial charge on any atom is 0.325 e. The van der Waals surface area contributed by atoms with E-state index in [4.69, 9.17) is 5.11 Å². The Morgan fingerprint density at radius 1 is 1.56 bits per heavy atom. The lowest BCUT2D eigenvalue weighted by Crippen LogP contribution is -2.12. The number of carboxylic acids is 1. The van der Waals surface area contributed by atoms with Crippen molar-refractivity contribution in [3.8, 4) is 0 Å². The standard InChI is InChI=1S/C9H11BrN2O4/c1-5-9(10)6(3-8(15)16-2)11-12(5)4-7(13)14/h3-4H2,1-2H3,(H,13,14). The zero-order chi connectivity index (χ0) is 12.3. The number of nitrogens with zero attached hydrogens (tertiary/aromatic N) is 2. The second kappa shape index (κ2) is 5.11. The van der Waals surface area contributed by atoms with E-state index < -0.39 is 11.9 Å². The first-order chi connectivity index (χ1) is 7.45. The first-order valence-corrected chi connectivity index (χ1v) is 5.25. The lowest BCUT2D eigenvalue weighted by atomic mass is 10.3. The molecule has 0 aliphatic rings. The Bertz CT molecular complexity index is 427. The van der Waals surface area contributed by atoms with Gasteiger partial charge < -0.3 is 9.84 Å². The van der Waals surface area contributed by atoms with Gasteiger partial charge >= 0.3 is 11.9 Å². The first kappa shape index (κ1) is 12.7. The molecule has 1 N–H and O–H groups in total. The second-order valence-electron chi connectivity index (χ2n) is 3.15. The quantitative estimate of drug-likeness (QED) is 0.828. The third-order valence-electron chi connectivity index (χ3n) is 2.02. The molecule has 0 unspecified atom stereocenters. The summed E-state index contributed by atoms with van der Waals surface area (Å²) in [7, 11) is 1.29. The van der Waals surface area contributed by atoms with Crippen LogP contribution in [0.2, 0.25) is 0 Å².